The number of alkyl halides is 1. The zero-order valence-electron chi connectivity index (χ0n) is 14.8. The number of fused-ring (bicyclic) bond motifs is 1. The van der Waals surface area contributed by atoms with E-state index in [0.29, 0.717) is 17.7 Å². The van der Waals surface area contributed by atoms with E-state index < -0.39 is 5.67 Å². The molecule has 0 atom stereocenters. The molecule has 2 aliphatic heterocycles. The van der Waals surface area contributed by atoms with Crippen LogP contribution in [0.4, 0.5) is 4.39 Å². The van der Waals surface area contributed by atoms with Crippen LogP contribution in [0.25, 0.3) is 0 Å². The van der Waals surface area contributed by atoms with Gasteiger partial charge in [0.2, 0.25) is 0 Å². The lowest BCUT2D eigenvalue weighted by molar-refractivity contribution is 0.0965. The molecule has 1 fully saturated rings. The van der Waals surface area contributed by atoms with E-state index in [1.807, 2.05) is 26.0 Å². The van der Waals surface area contributed by atoms with E-state index in [9.17, 15) is 9.18 Å². The van der Waals surface area contributed by atoms with Crippen LogP contribution in [0.2, 0.25) is 0 Å². The van der Waals surface area contributed by atoms with Gasteiger partial charge in [0.05, 0.1) is 0 Å². The second-order valence-corrected chi connectivity index (χ2v) is 6.66. The molecule has 4 heteroatoms. The lowest BCUT2D eigenvalue weighted by Gasteiger charge is -2.27. The summed E-state index contributed by atoms with van der Waals surface area (Å²) in [5.74, 6) is -0.0732. The lowest BCUT2D eigenvalue weighted by Crippen LogP contribution is -2.29. The molecule has 3 nitrogen and oxygen atoms in total. The van der Waals surface area contributed by atoms with Crippen LogP contribution in [0, 0.1) is 0 Å². The maximum absolute atomic E-state index is 14.5. The minimum atomic E-state index is -1.42. The fraction of sp³-hybridized carbons (Fsp3) is 0.632. The normalized spacial score (nSPS) is 18.0. The molecule has 0 unspecified atom stereocenters. The van der Waals surface area contributed by atoms with Crippen molar-refractivity contribution in [3.63, 3.8) is 0 Å². The molecule has 0 aromatic heterocycles. The quantitative estimate of drug-likeness (QED) is 0.907. The Labute approximate surface area is 139 Å². The Bertz CT molecular complexity index is 557. The summed E-state index contributed by atoms with van der Waals surface area (Å²) in [5, 5.41) is 2.81. The van der Waals surface area contributed by atoms with E-state index in [1.54, 1.807) is 13.8 Å². The van der Waals surface area contributed by atoms with Crippen molar-refractivity contribution in [3.8, 4) is 0 Å². The summed E-state index contributed by atoms with van der Waals surface area (Å²) >= 11 is 0. The molecule has 128 valence electrons. The number of hydrogen-bond acceptors (Lipinski definition) is 2. The van der Waals surface area contributed by atoms with Crippen LogP contribution in [-0.2, 0) is 18.8 Å². The Balaban J connectivity index is 0.000000924. The number of halogens is 1. The number of hydrogen-bond donors (Lipinski definition) is 1. The third-order valence-corrected chi connectivity index (χ3v) is 4.48. The molecular weight excluding hydrogens is 291 g/mol. The van der Waals surface area contributed by atoms with Crippen LogP contribution in [0.15, 0.2) is 12.1 Å². The third kappa shape index (κ3) is 4.11. The van der Waals surface area contributed by atoms with Gasteiger partial charge in [-0.1, -0.05) is 26.3 Å². The number of benzene rings is 1. The summed E-state index contributed by atoms with van der Waals surface area (Å²) in [6.45, 7) is 10.6. The molecule has 1 aromatic rings. The highest BCUT2D eigenvalue weighted by molar-refractivity contribution is 5.99. The van der Waals surface area contributed by atoms with Crippen molar-refractivity contribution in [2.24, 2.45) is 0 Å². The van der Waals surface area contributed by atoms with Gasteiger partial charge < -0.3 is 5.32 Å². The van der Waals surface area contributed by atoms with Crippen LogP contribution in [0.5, 0.6) is 0 Å². The first-order chi connectivity index (χ1) is 10.9. The standard InChI is InChI=1S/C17H23FN2O.C2H6/c1-17(2,18)15-9-12(11-20-6-4-3-5-7-20)8-13-14(15)10-19-16(13)21;1-2/h8-9H,3-7,10-11H2,1-2H3,(H,19,21);1-2H3. The van der Waals surface area contributed by atoms with Crippen LogP contribution >= 0.6 is 0 Å². The van der Waals surface area contributed by atoms with E-state index >= 15 is 0 Å². The van der Waals surface area contributed by atoms with E-state index in [4.69, 9.17) is 0 Å². The van der Waals surface area contributed by atoms with Gasteiger partial charge in [-0.15, -0.1) is 0 Å². The van der Waals surface area contributed by atoms with Crippen LogP contribution in [0.3, 0.4) is 0 Å². The summed E-state index contributed by atoms with van der Waals surface area (Å²) < 4.78 is 14.5. The maximum Gasteiger partial charge on any atom is 0.251 e. The molecule has 0 bridgehead atoms. The summed E-state index contributed by atoms with van der Waals surface area (Å²) in [4.78, 5) is 14.3. The van der Waals surface area contributed by atoms with Gasteiger partial charge in [0.1, 0.15) is 5.67 Å². The Kier molecular flexibility index (Phi) is 5.79. The molecule has 1 aromatic carbocycles. The highest BCUT2D eigenvalue weighted by Crippen LogP contribution is 2.33. The van der Waals surface area contributed by atoms with Crippen molar-refractivity contribution < 1.29 is 9.18 Å². The molecule has 0 saturated carbocycles. The predicted octanol–water partition coefficient (Wildman–Crippen LogP) is 4.15. The van der Waals surface area contributed by atoms with Gasteiger partial charge >= 0.3 is 0 Å². The summed E-state index contributed by atoms with van der Waals surface area (Å²) in [6.07, 6.45) is 3.76. The van der Waals surface area contributed by atoms with Crippen LogP contribution < -0.4 is 5.32 Å². The second kappa shape index (κ2) is 7.43. The number of rotatable bonds is 3. The number of nitrogens with one attached hydrogen (secondary N) is 1. The monoisotopic (exact) mass is 320 g/mol. The van der Waals surface area contributed by atoms with Crippen LogP contribution in [-0.4, -0.2) is 23.9 Å². The first-order valence-electron chi connectivity index (χ1n) is 8.81. The molecule has 3 rings (SSSR count). The molecule has 1 amide bonds. The smallest absolute Gasteiger partial charge is 0.251 e. The highest BCUT2D eigenvalue weighted by atomic mass is 19.1. The zero-order valence-corrected chi connectivity index (χ0v) is 14.8. The Morgan fingerprint density at radius 3 is 2.43 bits per heavy atom. The summed E-state index contributed by atoms with van der Waals surface area (Å²) in [5.41, 5.74) is 1.77. The van der Waals surface area contributed by atoms with E-state index in [1.165, 1.54) is 19.3 Å². The van der Waals surface area contributed by atoms with E-state index in [2.05, 4.69) is 10.2 Å². The summed E-state index contributed by atoms with van der Waals surface area (Å²) in [6, 6.07) is 3.90. The molecule has 2 heterocycles. The van der Waals surface area contributed by atoms with Crippen molar-refractivity contribution in [2.45, 2.75) is 65.7 Å². The van der Waals surface area contributed by atoms with Crippen molar-refractivity contribution in [1.29, 1.82) is 0 Å². The number of amides is 1. The van der Waals surface area contributed by atoms with Gasteiger partial charge in [-0.25, -0.2) is 4.39 Å². The Morgan fingerprint density at radius 2 is 1.83 bits per heavy atom. The van der Waals surface area contributed by atoms with Gasteiger partial charge in [-0.05, 0) is 62.5 Å². The van der Waals surface area contributed by atoms with Gasteiger partial charge in [0.15, 0.2) is 0 Å². The van der Waals surface area contributed by atoms with E-state index in [0.717, 1.165) is 30.8 Å². The molecule has 2 aliphatic rings. The summed E-state index contributed by atoms with van der Waals surface area (Å²) in [7, 11) is 0. The topological polar surface area (TPSA) is 32.3 Å². The zero-order chi connectivity index (χ0) is 17.0. The average Bonchev–Trinajstić information content (AvgIpc) is 2.90. The van der Waals surface area contributed by atoms with Gasteiger partial charge in [0, 0.05) is 18.7 Å². The molecule has 23 heavy (non-hydrogen) atoms. The number of piperidine rings is 1. The van der Waals surface area contributed by atoms with Crippen molar-refractivity contribution in [2.75, 3.05) is 13.1 Å². The van der Waals surface area contributed by atoms with Crippen molar-refractivity contribution in [1.82, 2.24) is 10.2 Å². The minimum absolute atomic E-state index is 0.0732. The SMILES string of the molecule is CC.CC(C)(F)c1cc(CN2CCCCC2)cc2c1CNC2=O. The fourth-order valence-electron chi connectivity index (χ4n) is 3.39. The fourth-order valence-corrected chi connectivity index (χ4v) is 3.39. The van der Waals surface area contributed by atoms with Crippen molar-refractivity contribution >= 4 is 5.91 Å². The number of carbonyl (C=O) groups is 1. The molecule has 0 spiro atoms. The largest absolute Gasteiger partial charge is 0.348 e. The maximum atomic E-state index is 14.5. The second-order valence-electron chi connectivity index (χ2n) is 6.66. The van der Waals surface area contributed by atoms with Gasteiger partial charge in [-0.2, -0.15) is 0 Å². The Morgan fingerprint density at radius 1 is 1.17 bits per heavy atom. The number of nitrogens with zero attached hydrogens (tertiary/aromatic N) is 1. The first kappa shape index (κ1) is 17.9. The molecule has 0 aliphatic carbocycles. The number of carbonyl (C=O) groups excluding carboxylic acids is 1. The molecule has 1 N–H and O–H groups in total. The Hall–Kier alpha value is -1.42. The minimum Gasteiger partial charge on any atom is -0.348 e. The average molecular weight is 320 g/mol. The van der Waals surface area contributed by atoms with Crippen LogP contribution in [0.1, 0.15) is 74.0 Å². The molecule has 0 radical (unpaired) electrons. The third-order valence-electron chi connectivity index (χ3n) is 4.48. The van der Waals surface area contributed by atoms with Gasteiger partial charge in [-0.3, -0.25) is 9.69 Å². The first-order valence-corrected chi connectivity index (χ1v) is 8.81. The number of likely N-dealkylation sites (tertiary alicyclic amines) is 1. The van der Waals surface area contributed by atoms with Gasteiger partial charge in [0.25, 0.3) is 5.91 Å². The molecular formula is C19H29FN2O. The van der Waals surface area contributed by atoms with Crippen molar-refractivity contribution in [3.05, 3.63) is 34.4 Å². The lowest BCUT2D eigenvalue weighted by atomic mass is 9.90. The highest BCUT2D eigenvalue weighted by Gasteiger charge is 2.30. The predicted molar refractivity (Wildman–Crippen MR) is 92.2 cm³/mol. The van der Waals surface area contributed by atoms with E-state index in [-0.39, 0.29) is 5.91 Å². The molecule has 1 saturated heterocycles.